The van der Waals surface area contributed by atoms with Crippen LogP contribution in [0.1, 0.15) is 16.3 Å². The number of hydrogen-bond acceptors (Lipinski definition) is 3. The molecule has 0 aliphatic carbocycles. The van der Waals surface area contributed by atoms with E-state index in [1.807, 2.05) is 41.0 Å². The molecule has 0 radical (unpaired) electrons. The van der Waals surface area contributed by atoms with Crippen molar-refractivity contribution in [2.24, 2.45) is 13.0 Å². The van der Waals surface area contributed by atoms with Crippen molar-refractivity contribution >= 4 is 5.91 Å². The van der Waals surface area contributed by atoms with Gasteiger partial charge in [0.25, 0.3) is 5.91 Å². The molecule has 0 unspecified atom stereocenters. The lowest BCUT2D eigenvalue weighted by molar-refractivity contribution is 0.0657. The number of fused-ring (bicyclic) bond motifs is 1. The Morgan fingerprint density at radius 3 is 3.00 bits per heavy atom. The standard InChI is InChI=1S/C15H20N4O2/c1-17-6-3-4-13(17)15(20)19-9-12(11-21-2)8-18-7-5-16-14(18)10-19/h3-7,12H,8-11H2,1-2H3/t12-/m1/s1. The molecule has 0 bridgehead atoms. The normalized spacial score (nSPS) is 18.4. The van der Waals surface area contributed by atoms with E-state index in [4.69, 9.17) is 4.74 Å². The summed E-state index contributed by atoms with van der Waals surface area (Å²) >= 11 is 0. The highest BCUT2D eigenvalue weighted by atomic mass is 16.5. The third kappa shape index (κ3) is 2.71. The number of hydrogen-bond donors (Lipinski definition) is 0. The van der Waals surface area contributed by atoms with E-state index in [9.17, 15) is 4.79 Å². The Hall–Kier alpha value is -2.08. The lowest BCUT2D eigenvalue weighted by Crippen LogP contribution is -2.36. The average Bonchev–Trinajstić information content (AvgIpc) is 3.03. The van der Waals surface area contributed by atoms with Crippen LogP contribution in [0.15, 0.2) is 30.7 Å². The van der Waals surface area contributed by atoms with Crippen molar-refractivity contribution in [1.29, 1.82) is 0 Å². The molecule has 3 rings (SSSR count). The molecule has 0 fully saturated rings. The van der Waals surface area contributed by atoms with Gasteiger partial charge >= 0.3 is 0 Å². The van der Waals surface area contributed by atoms with Crippen molar-refractivity contribution < 1.29 is 9.53 Å². The predicted octanol–water partition coefficient (Wildman–Crippen LogP) is 1.14. The highest BCUT2D eigenvalue weighted by Crippen LogP contribution is 2.18. The SMILES string of the molecule is COC[C@H]1CN(C(=O)c2cccn2C)Cc2nccn2C1. The minimum Gasteiger partial charge on any atom is -0.384 e. The molecule has 1 aliphatic heterocycles. The molecule has 1 atom stereocenters. The highest BCUT2D eigenvalue weighted by Gasteiger charge is 2.27. The third-order valence-corrected chi connectivity index (χ3v) is 3.92. The number of aromatic nitrogens is 3. The maximum Gasteiger partial charge on any atom is 0.270 e. The Labute approximate surface area is 123 Å². The van der Waals surface area contributed by atoms with Gasteiger partial charge < -0.3 is 18.8 Å². The number of nitrogens with zero attached hydrogens (tertiary/aromatic N) is 4. The summed E-state index contributed by atoms with van der Waals surface area (Å²) < 4.78 is 9.26. The van der Waals surface area contributed by atoms with Crippen molar-refractivity contribution in [3.8, 4) is 0 Å². The van der Waals surface area contributed by atoms with Gasteiger partial charge in [-0.05, 0) is 12.1 Å². The summed E-state index contributed by atoms with van der Waals surface area (Å²) in [6.45, 7) is 2.69. The Morgan fingerprint density at radius 1 is 1.43 bits per heavy atom. The Bertz CT molecular complexity index is 631. The van der Waals surface area contributed by atoms with Crippen LogP contribution in [0.2, 0.25) is 0 Å². The van der Waals surface area contributed by atoms with Crippen LogP contribution in [0.25, 0.3) is 0 Å². The van der Waals surface area contributed by atoms with Crippen molar-refractivity contribution in [1.82, 2.24) is 19.0 Å². The molecule has 2 aromatic rings. The van der Waals surface area contributed by atoms with E-state index in [1.54, 1.807) is 13.3 Å². The highest BCUT2D eigenvalue weighted by molar-refractivity contribution is 5.92. The number of aryl methyl sites for hydroxylation is 1. The first-order valence-electron chi connectivity index (χ1n) is 7.08. The van der Waals surface area contributed by atoms with Gasteiger partial charge in [0.2, 0.25) is 0 Å². The van der Waals surface area contributed by atoms with Gasteiger partial charge in [0.1, 0.15) is 11.5 Å². The van der Waals surface area contributed by atoms with E-state index in [1.165, 1.54) is 0 Å². The van der Waals surface area contributed by atoms with E-state index >= 15 is 0 Å². The molecule has 0 N–H and O–H groups in total. The summed E-state index contributed by atoms with van der Waals surface area (Å²) in [5.41, 5.74) is 0.700. The predicted molar refractivity (Wildman–Crippen MR) is 77.7 cm³/mol. The molecule has 112 valence electrons. The lowest BCUT2D eigenvalue weighted by Gasteiger charge is -2.23. The van der Waals surface area contributed by atoms with Crippen LogP contribution in [0, 0.1) is 5.92 Å². The van der Waals surface area contributed by atoms with Gasteiger partial charge in [-0.25, -0.2) is 4.98 Å². The second-order valence-electron chi connectivity index (χ2n) is 5.51. The smallest absolute Gasteiger partial charge is 0.270 e. The van der Waals surface area contributed by atoms with Crippen molar-refractivity contribution in [3.63, 3.8) is 0 Å². The largest absolute Gasteiger partial charge is 0.384 e. The third-order valence-electron chi connectivity index (χ3n) is 3.92. The molecule has 0 saturated carbocycles. The number of imidazole rings is 1. The fourth-order valence-corrected chi connectivity index (χ4v) is 2.88. The first-order valence-corrected chi connectivity index (χ1v) is 7.08. The number of rotatable bonds is 3. The van der Waals surface area contributed by atoms with E-state index in [0.717, 1.165) is 12.4 Å². The lowest BCUT2D eigenvalue weighted by atomic mass is 10.1. The van der Waals surface area contributed by atoms with Crippen LogP contribution in [0.5, 0.6) is 0 Å². The summed E-state index contributed by atoms with van der Waals surface area (Å²) in [5, 5.41) is 0. The average molecular weight is 288 g/mol. The molecule has 6 nitrogen and oxygen atoms in total. The zero-order valence-corrected chi connectivity index (χ0v) is 12.4. The molecule has 1 amide bonds. The van der Waals surface area contributed by atoms with Crippen LogP contribution in [0.3, 0.4) is 0 Å². The minimum atomic E-state index is 0.0417. The quantitative estimate of drug-likeness (QED) is 0.851. The first-order chi connectivity index (χ1) is 10.2. The van der Waals surface area contributed by atoms with Crippen molar-refractivity contribution in [3.05, 3.63) is 42.2 Å². The molecule has 0 aromatic carbocycles. The maximum atomic E-state index is 12.7. The van der Waals surface area contributed by atoms with Crippen LogP contribution in [0.4, 0.5) is 0 Å². The number of methoxy groups -OCH3 is 1. The maximum absolute atomic E-state index is 12.7. The molecule has 0 saturated heterocycles. The summed E-state index contributed by atoms with van der Waals surface area (Å²) in [4.78, 5) is 19.0. The fourth-order valence-electron chi connectivity index (χ4n) is 2.88. The number of carbonyl (C=O) groups is 1. The molecular weight excluding hydrogens is 268 g/mol. The molecule has 1 aliphatic rings. The first kappa shape index (κ1) is 13.9. The number of amides is 1. The van der Waals surface area contributed by atoms with Crippen LogP contribution >= 0.6 is 0 Å². The molecular formula is C15H20N4O2. The summed E-state index contributed by atoms with van der Waals surface area (Å²) in [7, 11) is 3.59. The Kier molecular flexibility index (Phi) is 3.79. The molecule has 6 heteroatoms. The van der Waals surface area contributed by atoms with Crippen molar-refractivity contribution in [2.45, 2.75) is 13.1 Å². The van der Waals surface area contributed by atoms with Gasteiger partial charge in [0.05, 0.1) is 13.2 Å². The number of carbonyl (C=O) groups excluding carboxylic acids is 1. The van der Waals surface area contributed by atoms with Gasteiger partial charge in [0, 0.05) is 51.8 Å². The van der Waals surface area contributed by atoms with Gasteiger partial charge in [-0.15, -0.1) is 0 Å². The van der Waals surface area contributed by atoms with E-state index in [-0.39, 0.29) is 11.8 Å². The van der Waals surface area contributed by atoms with E-state index in [0.29, 0.717) is 25.4 Å². The zero-order chi connectivity index (χ0) is 14.8. The molecule has 0 spiro atoms. The van der Waals surface area contributed by atoms with Crippen LogP contribution < -0.4 is 0 Å². The molecule has 21 heavy (non-hydrogen) atoms. The Morgan fingerprint density at radius 2 is 2.29 bits per heavy atom. The van der Waals surface area contributed by atoms with Gasteiger partial charge in [-0.3, -0.25) is 4.79 Å². The summed E-state index contributed by atoms with van der Waals surface area (Å²) in [5.74, 6) is 1.24. The molecule has 3 heterocycles. The summed E-state index contributed by atoms with van der Waals surface area (Å²) in [6, 6.07) is 3.74. The van der Waals surface area contributed by atoms with Crippen molar-refractivity contribution in [2.75, 3.05) is 20.3 Å². The van der Waals surface area contributed by atoms with Gasteiger partial charge in [-0.1, -0.05) is 0 Å². The van der Waals surface area contributed by atoms with E-state index < -0.39 is 0 Å². The van der Waals surface area contributed by atoms with E-state index in [2.05, 4.69) is 9.55 Å². The number of ether oxygens (including phenoxy) is 1. The zero-order valence-electron chi connectivity index (χ0n) is 12.4. The van der Waals surface area contributed by atoms with Crippen LogP contribution in [-0.2, 0) is 24.9 Å². The van der Waals surface area contributed by atoms with Gasteiger partial charge in [0.15, 0.2) is 0 Å². The monoisotopic (exact) mass is 288 g/mol. The topological polar surface area (TPSA) is 52.3 Å². The summed E-state index contributed by atoms with van der Waals surface area (Å²) in [6.07, 6.45) is 5.64. The van der Waals surface area contributed by atoms with Crippen LogP contribution in [-0.4, -0.2) is 45.2 Å². The van der Waals surface area contributed by atoms with Gasteiger partial charge in [-0.2, -0.15) is 0 Å². The second kappa shape index (κ2) is 5.73. The Balaban J connectivity index is 1.87. The fraction of sp³-hybridized carbons (Fsp3) is 0.467. The second-order valence-corrected chi connectivity index (χ2v) is 5.51. The minimum absolute atomic E-state index is 0.0417. The molecule has 2 aromatic heterocycles.